The highest BCUT2D eigenvalue weighted by molar-refractivity contribution is 6.30. The summed E-state index contributed by atoms with van der Waals surface area (Å²) in [6, 6.07) is 9.04. The topological polar surface area (TPSA) is 74.8 Å². The summed E-state index contributed by atoms with van der Waals surface area (Å²) < 4.78 is 5.00. The van der Waals surface area contributed by atoms with E-state index in [1.54, 1.807) is 47.3 Å². The van der Waals surface area contributed by atoms with E-state index >= 15 is 0 Å². The second kappa shape index (κ2) is 8.73. The summed E-state index contributed by atoms with van der Waals surface area (Å²) in [5.74, 6) is -0.106. The van der Waals surface area contributed by atoms with Gasteiger partial charge in [0.05, 0.1) is 24.1 Å². The third-order valence-electron chi connectivity index (χ3n) is 4.21. The Morgan fingerprint density at radius 3 is 2.41 bits per heavy atom. The van der Waals surface area contributed by atoms with Gasteiger partial charge in [-0.1, -0.05) is 11.6 Å². The molecular weight excluding hydrogens is 368 g/mol. The minimum Gasteiger partial charge on any atom is -0.450 e. The number of aromatic nitrogens is 1. The first kappa shape index (κ1) is 19.0. The molecule has 2 heterocycles. The number of nitrogens with one attached hydrogen (secondary N) is 1. The van der Waals surface area contributed by atoms with Gasteiger partial charge in [-0.15, -0.1) is 0 Å². The molecule has 0 saturated carbocycles. The van der Waals surface area contributed by atoms with Gasteiger partial charge in [0.2, 0.25) is 0 Å². The van der Waals surface area contributed by atoms with Gasteiger partial charge in [0.1, 0.15) is 0 Å². The minimum atomic E-state index is -0.333. The fourth-order valence-corrected chi connectivity index (χ4v) is 2.94. The van der Waals surface area contributed by atoms with Crippen molar-refractivity contribution in [1.82, 2.24) is 14.8 Å². The summed E-state index contributed by atoms with van der Waals surface area (Å²) in [4.78, 5) is 32.0. The fourth-order valence-electron chi connectivity index (χ4n) is 2.81. The second-order valence-electron chi connectivity index (χ2n) is 6.07. The Hall–Kier alpha value is -2.80. The molecule has 2 aromatic rings. The zero-order chi connectivity index (χ0) is 19.2. The molecule has 8 heteroatoms. The molecule has 2 amide bonds. The molecule has 1 aromatic heterocycles. The maximum atomic E-state index is 12.8. The van der Waals surface area contributed by atoms with Crippen molar-refractivity contribution in [3.63, 3.8) is 0 Å². The summed E-state index contributed by atoms with van der Waals surface area (Å²) in [5, 5.41) is 3.86. The van der Waals surface area contributed by atoms with Gasteiger partial charge in [-0.3, -0.25) is 9.78 Å². The first-order valence-electron chi connectivity index (χ1n) is 8.75. The molecule has 0 aliphatic carbocycles. The van der Waals surface area contributed by atoms with E-state index in [1.165, 1.54) is 0 Å². The molecule has 1 aliphatic heterocycles. The molecule has 142 valence electrons. The molecule has 0 radical (unpaired) electrons. The SMILES string of the molecule is CCOC(=O)N1CCN(C(=O)c2cncc(Nc3ccc(Cl)cc3)c2)CC1. The maximum absolute atomic E-state index is 12.8. The van der Waals surface area contributed by atoms with E-state index < -0.39 is 0 Å². The van der Waals surface area contributed by atoms with Crippen molar-refractivity contribution in [1.29, 1.82) is 0 Å². The van der Waals surface area contributed by atoms with Crippen LogP contribution in [0.1, 0.15) is 17.3 Å². The van der Waals surface area contributed by atoms with Crippen LogP contribution in [0.4, 0.5) is 16.2 Å². The van der Waals surface area contributed by atoms with E-state index in [9.17, 15) is 9.59 Å². The third-order valence-corrected chi connectivity index (χ3v) is 4.46. The van der Waals surface area contributed by atoms with Crippen molar-refractivity contribution in [3.05, 3.63) is 53.3 Å². The standard InChI is InChI=1S/C19H21ClN4O3/c1-2-27-19(26)24-9-7-23(8-10-24)18(25)14-11-17(13-21-12-14)22-16-5-3-15(20)4-6-16/h3-6,11-13,22H,2,7-10H2,1H3. The Balaban J connectivity index is 1.62. The summed E-state index contributed by atoms with van der Waals surface area (Å²) in [6.07, 6.45) is 2.87. The molecular formula is C19H21ClN4O3. The number of benzene rings is 1. The van der Waals surface area contributed by atoms with Gasteiger partial charge in [0.15, 0.2) is 0 Å². The van der Waals surface area contributed by atoms with Crippen LogP contribution in [0.5, 0.6) is 0 Å². The molecule has 1 saturated heterocycles. The van der Waals surface area contributed by atoms with Crippen molar-refractivity contribution < 1.29 is 14.3 Å². The normalized spacial score (nSPS) is 14.0. The zero-order valence-corrected chi connectivity index (χ0v) is 15.8. The summed E-state index contributed by atoms with van der Waals surface area (Å²) in [5.41, 5.74) is 2.07. The molecule has 0 unspecified atom stereocenters. The van der Waals surface area contributed by atoms with Crippen LogP contribution >= 0.6 is 11.6 Å². The van der Waals surface area contributed by atoms with Crippen LogP contribution in [0, 0.1) is 0 Å². The first-order valence-corrected chi connectivity index (χ1v) is 9.13. The highest BCUT2D eigenvalue weighted by atomic mass is 35.5. The molecule has 0 bridgehead atoms. The maximum Gasteiger partial charge on any atom is 0.409 e. The number of hydrogen-bond donors (Lipinski definition) is 1. The van der Waals surface area contributed by atoms with E-state index in [-0.39, 0.29) is 12.0 Å². The molecule has 1 N–H and O–H groups in total. The highest BCUT2D eigenvalue weighted by Crippen LogP contribution is 2.20. The predicted molar refractivity (Wildman–Crippen MR) is 103 cm³/mol. The van der Waals surface area contributed by atoms with Crippen LogP contribution in [0.2, 0.25) is 5.02 Å². The van der Waals surface area contributed by atoms with Crippen LogP contribution in [-0.4, -0.2) is 59.6 Å². The van der Waals surface area contributed by atoms with Gasteiger partial charge >= 0.3 is 6.09 Å². The van der Waals surface area contributed by atoms with E-state index in [0.29, 0.717) is 49.1 Å². The van der Waals surface area contributed by atoms with Crippen LogP contribution in [0.25, 0.3) is 0 Å². The summed E-state index contributed by atoms with van der Waals surface area (Å²) in [7, 11) is 0. The third kappa shape index (κ3) is 4.89. The Bertz CT molecular complexity index is 805. The Morgan fingerprint density at radius 2 is 1.74 bits per heavy atom. The molecule has 1 fully saturated rings. The minimum absolute atomic E-state index is 0.106. The van der Waals surface area contributed by atoms with Crippen LogP contribution in [-0.2, 0) is 4.74 Å². The smallest absolute Gasteiger partial charge is 0.409 e. The lowest BCUT2D eigenvalue weighted by Gasteiger charge is -2.34. The van der Waals surface area contributed by atoms with E-state index in [2.05, 4.69) is 10.3 Å². The molecule has 1 aliphatic rings. The molecule has 0 spiro atoms. The number of amides is 2. The average Bonchev–Trinajstić information content (AvgIpc) is 2.70. The number of anilines is 2. The number of hydrogen-bond acceptors (Lipinski definition) is 5. The van der Waals surface area contributed by atoms with Gasteiger partial charge in [-0.05, 0) is 37.3 Å². The van der Waals surface area contributed by atoms with Gasteiger partial charge in [0.25, 0.3) is 5.91 Å². The van der Waals surface area contributed by atoms with Crippen LogP contribution in [0.15, 0.2) is 42.7 Å². The number of halogens is 1. The number of carbonyl (C=O) groups is 2. The predicted octanol–water partition coefficient (Wildman–Crippen LogP) is 3.39. The summed E-state index contributed by atoms with van der Waals surface area (Å²) >= 11 is 5.89. The second-order valence-corrected chi connectivity index (χ2v) is 6.51. The Morgan fingerprint density at radius 1 is 1.07 bits per heavy atom. The average molecular weight is 389 g/mol. The van der Waals surface area contributed by atoms with Crippen molar-refractivity contribution in [2.75, 3.05) is 38.1 Å². The largest absolute Gasteiger partial charge is 0.450 e. The number of nitrogens with zero attached hydrogens (tertiary/aromatic N) is 3. The molecule has 7 nitrogen and oxygen atoms in total. The molecule has 0 atom stereocenters. The Kier molecular flexibility index (Phi) is 6.13. The number of carbonyl (C=O) groups excluding carboxylic acids is 2. The first-order chi connectivity index (χ1) is 13.1. The van der Waals surface area contributed by atoms with Crippen molar-refractivity contribution >= 4 is 35.0 Å². The van der Waals surface area contributed by atoms with Crippen LogP contribution in [0.3, 0.4) is 0 Å². The quantitative estimate of drug-likeness (QED) is 0.868. The lowest BCUT2D eigenvalue weighted by molar-refractivity contribution is 0.0570. The van der Waals surface area contributed by atoms with Crippen molar-refractivity contribution in [3.8, 4) is 0 Å². The van der Waals surface area contributed by atoms with E-state index in [0.717, 1.165) is 5.69 Å². The van der Waals surface area contributed by atoms with E-state index in [4.69, 9.17) is 16.3 Å². The zero-order valence-electron chi connectivity index (χ0n) is 15.0. The van der Waals surface area contributed by atoms with Gasteiger partial charge in [-0.2, -0.15) is 0 Å². The highest BCUT2D eigenvalue weighted by Gasteiger charge is 2.25. The molecule has 1 aromatic carbocycles. The lowest BCUT2D eigenvalue weighted by Crippen LogP contribution is -2.50. The fraction of sp³-hybridized carbons (Fsp3) is 0.316. The Labute approximate surface area is 162 Å². The number of piperazine rings is 1. The van der Waals surface area contributed by atoms with Crippen molar-refractivity contribution in [2.45, 2.75) is 6.92 Å². The van der Waals surface area contributed by atoms with Crippen molar-refractivity contribution in [2.24, 2.45) is 0 Å². The lowest BCUT2D eigenvalue weighted by atomic mass is 10.2. The summed E-state index contributed by atoms with van der Waals surface area (Å²) in [6.45, 7) is 3.97. The van der Waals surface area contributed by atoms with Gasteiger partial charge in [0, 0.05) is 43.1 Å². The van der Waals surface area contributed by atoms with Gasteiger partial charge < -0.3 is 19.9 Å². The monoisotopic (exact) mass is 388 g/mol. The molecule has 27 heavy (non-hydrogen) atoms. The van der Waals surface area contributed by atoms with Crippen LogP contribution < -0.4 is 5.32 Å². The van der Waals surface area contributed by atoms with E-state index in [1.807, 2.05) is 12.1 Å². The number of pyridine rings is 1. The number of ether oxygens (including phenoxy) is 1. The molecule has 3 rings (SSSR count). The number of rotatable bonds is 4. The van der Waals surface area contributed by atoms with Gasteiger partial charge in [-0.25, -0.2) is 4.79 Å².